The molecule has 126 valence electrons. The van der Waals surface area contributed by atoms with Gasteiger partial charge >= 0.3 is 5.97 Å². The predicted molar refractivity (Wildman–Crippen MR) is 82.5 cm³/mol. The van der Waals surface area contributed by atoms with Crippen LogP contribution in [0.5, 0.6) is 0 Å². The van der Waals surface area contributed by atoms with E-state index in [4.69, 9.17) is 9.94 Å². The molecule has 2 N–H and O–H groups in total. The summed E-state index contributed by atoms with van der Waals surface area (Å²) in [6.07, 6.45) is 0.104. The minimum atomic E-state index is -0.823. The highest BCUT2D eigenvalue weighted by Crippen LogP contribution is 2.06. The Morgan fingerprint density at radius 3 is 2.52 bits per heavy atom. The molecule has 0 unspecified atom stereocenters. The molecular formula is C16H22N2O5. The summed E-state index contributed by atoms with van der Waals surface area (Å²) in [6.45, 7) is 3.31. The monoisotopic (exact) mass is 322 g/mol. The summed E-state index contributed by atoms with van der Waals surface area (Å²) in [7, 11) is 0. The SMILES string of the molecule is CC(C)OC(=O)[C@H](Cc1ccccc1)NC(=O)CCN(O)C=O. The third-order valence-corrected chi connectivity index (χ3v) is 2.94. The smallest absolute Gasteiger partial charge is 0.329 e. The summed E-state index contributed by atoms with van der Waals surface area (Å²) in [5, 5.41) is 12.0. The molecule has 7 heteroatoms. The Balaban J connectivity index is 2.68. The highest BCUT2D eigenvalue weighted by Gasteiger charge is 2.23. The maximum absolute atomic E-state index is 12.1. The first-order valence-corrected chi connectivity index (χ1v) is 7.37. The lowest BCUT2D eigenvalue weighted by atomic mass is 10.1. The van der Waals surface area contributed by atoms with Crippen molar-refractivity contribution < 1.29 is 24.3 Å². The van der Waals surface area contributed by atoms with Crippen molar-refractivity contribution in [1.29, 1.82) is 0 Å². The molecule has 0 aromatic heterocycles. The predicted octanol–water partition coefficient (Wildman–Crippen LogP) is 0.903. The fourth-order valence-electron chi connectivity index (χ4n) is 1.89. The van der Waals surface area contributed by atoms with Gasteiger partial charge in [0.15, 0.2) is 0 Å². The van der Waals surface area contributed by atoms with Crippen LogP contribution in [0.1, 0.15) is 25.8 Å². The van der Waals surface area contributed by atoms with E-state index < -0.39 is 17.9 Å². The molecule has 23 heavy (non-hydrogen) atoms. The first-order chi connectivity index (χ1) is 10.9. The molecule has 0 heterocycles. The van der Waals surface area contributed by atoms with Gasteiger partial charge in [-0.3, -0.25) is 14.8 Å². The molecule has 0 aliphatic heterocycles. The Morgan fingerprint density at radius 2 is 1.96 bits per heavy atom. The molecule has 0 fully saturated rings. The Kier molecular flexibility index (Phi) is 7.76. The van der Waals surface area contributed by atoms with Gasteiger partial charge in [-0.1, -0.05) is 30.3 Å². The van der Waals surface area contributed by atoms with E-state index in [9.17, 15) is 14.4 Å². The number of benzene rings is 1. The molecule has 0 radical (unpaired) electrons. The van der Waals surface area contributed by atoms with Gasteiger partial charge in [0.25, 0.3) is 0 Å². The Bertz CT molecular complexity index is 518. The minimum absolute atomic E-state index is 0.116. The zero-order chi connectivity index (χ0) is 17.2. The van der Waals surface area contributed by atoms with Crippen molar-refractivity contribution in [3.05, 3.63) is 35.9 Å². The Morgan fingerprint density at radius 1 is 1.30 bits per heavy atom. The van der Waals surface area contributed by atoms with Gasteiger partial charge in [-0.05, 0) is 19.4 Å². The zero-order valence-corrected chi connectivity index (χ0v) is 13.3. The summed E-state index contributed by atoms with van der Waals surface area (Å²) in [5.74, 6) is -0.971. The number of hydrogen-bond donors (Lipinski definition) is 2. The summed E-state index contributed by atoms with van der Waals surface area (Å²) >= 11 is 0. The number of nitrogens with zero attached hydrogens (tertiary/aromatic N) is 1. The molecule has 0 aliphatic rings. The van der Waals surface area contributed by atoms with Crippen molar-refractivity contribution in [2.24, 2.45) is 0 Å². The lowest BCUT2D eigenvalue weighted by Crippen LogP contribution is -2.44. The molecule has 7 nitrogen and oxygen atoms in total. The van der Waals surface area contributed by atoms with E-state index in [1.165, 1.54) is 0 Å². The molecule has 0 bridgehead atoms. The summed E-state index contributed by atoms with van der Waals surface area (Å²) in [6, 6.07) is 8.42. The van der Waals surface area contributed by atoms with E-state index in [1.54, 1.807) is 13.8 Å². The van der Waals surface area contributed by atoms with Crippen LogP contribution in [0, 0.1) is 0 Å². The van der Waals surface area contributed by atoms with Crippen LogP contribution in [0.15, 0.2) is 30.3 Å². The van der Waals surface area contributed by atoms with E-state index >= 15 is 0 Å². The van der Waals surface area contributed by atoms with Gasteiger partial charge in [0.2, 0.25) is 12.3 Å². The van der Waals surface area contributed by atoms with Crippen LogP contribution < -0.4 is 5.32 Å². The molecule has 0 spiro atoms. The van der Waals surface area contributed by atoms with Crippen molar-refractivity contribution in [3.8, 4) is 0 Å². The quantitative estimate of drug-likeness (QED) is 0.305. The van der Waals surface area contributed by atoms with Crippen LogP contribution in [0.3, 0.4) is 0 Å². The van der Waals surface area contributed by atoms with Crippen LogP contribution in [-0.2, 0) is 25.5 Å². The van der Waals surface area contributed by atoms with Crippen LogP contribution in [-0.4, -0.2) is 47.2 Å². The van der Waals surface area contributed by atoms with Gasteiger partial charge in [0.05, 0.1) is 12.6 Å². The second-order valence-corrected chi connectivity index (χ2v) is 5.31. The topological polar surface area (TPSA) is 95.9 Å². The molecule has 1 aromatic rings. The van der Waals surface area contributed by atoms with Crippen molar-refractivity contribution in [2.45, 2.75) is 38.8 Å². The fourth-order valence-corrected chi connectivity index (χ4v) is 1.89. The Labute approximate surface area is 135 Å². The number of carbonyl (C=O) groups is 3. The highest BCUT2D eigenvalue weighted by atomic mass is 16.5. The van der Waals surface area contributed by atoms with E-state index in [0.717, 1.165) is 5.56 Å². The van der Waals surface area contributed by atoms with Gasteiger partial charge in [-0.15, -0.1) is 0 Å². The first kappa shape index (κ1) is 18.6. The highest BCUT2D eigenvalue weighted by molar-refractivity contribution is 5.84. The Hall–Kier alpha value is -2.41. The van der Waals surface area contributed by atoms with Gasteiger partial charge in [-0.25, -0.2) is 9.86 Å². The summed E-state index contributed by atoms with van der Waals surface area (Å²) in [5.41, 5.74) is 0.884. The van der Waals surface area contributed by atoms with Gasteiger partial charge in [-0.2, -0.15) is 0 Å². The maximum atomic E-state index is 12.1. The molecule has 1 aromatic carbocycles. The van der Waals surface area contributed by atoms with Crippen LogP contribution >= 0.6 is 0 Å². The lowest BCUT2D eigenvalue weighted by Gasteiger charge is -2.19. The number of carbonyl (C=O) groups excluding carboxylic acids is 3. The summed E-state index contributed by atoms with van der Waals surface area (Å²) in [4.78, 5) is 34.3. The van der Waals surface area contributed by atoms with Crippen LogP contribution in [0.25, 0.3) is 0 Å². The van der Waals surface area contributed by atoms with Gasteiger partial charge < -0.3 is 10.1 Å². The van der Waals surface area contributed by atoms with Gasteiger partial charge in [0, 0.05) is 12.8 Å². The van der Waals surface area contributed by atoms with E-state index in [-0.39, 0.29) is 25.5 Å². The number of esters is 1. The number of rotatable bonds is 9. The maximum Gasteiger partial charge on any atom is 0.329 e. The average Bonchev–Trinajstić information content (AvgIpc) is 2.52. The number of hydrogen-bond acceptors (Lipinski definition) is 5. The lowest BCUT2D eigenvalue weighted by molar-refractivity contribution is -0.153. The average molecular weight is 322 g/mol. The molecule has 1 rings (SSSR count). The van der Waals surface area contributed by atoms with E-state index in [2.05, 4.69) is 5.32 Å². The zero-order valence-electron chi connectivity index (χ0n) is 13.3. The molecule has 2 amide bonds. The van der Waals surface area contributed by atoms with Crippen LogP contribution in [0.4, 0.5) is 0 Å². The molecular weight excluding hydrogens is 300 g/mol. The fraction of sp³-hybridized carbons (Fsp3) is 0.438. The van der Waals surface area contributed by atoms with Crippen molar-refractivity contribution in [1.82, 2.24) is 10.4 Å². The van der Waals surface area contributed by atoms with Crippen molar-refractivity contribution in [3.63, 3.8) is 0 Å². The van der Waals surface area contributed by atoms with Crippen molar-refractivity contribution >= 4 is 18.3 Å². The number of hydroxylamine groups is 2. The number of ether oxygens (including phenoxy) is 1. The minimum Gasteiger partial charge on any atom is -0.461 e. The van der Waals surface area contributed by atoms with E-state index in [0.29, 0.717) is 11.5 Å². The first-order valence-electron chi connectivity index (χ1n) is 7.37. The van der Waals surface area contributed by atoms with Crippen LogP contribution in [0.2, 0.25) is 0 Å². The molecule has 0 aliphatic carbocycles. The largest absolute Gasteiger partial charge is 0.461 e. The third-order valence-electron chi connectivity index (χ3n) is 2.94. The van der Waals surface area contributed by atoms with Crippen molar-refractivity contribution in [2.75, 3.05) is 6.54 Å². The number of amides is 2. The van der Waals surface area contributed by atoms with Gasteiger partial charge in [0.1, 0.15) is 6.04 Å². The third kappa shape index (κ3) is 7.42. The number of nitrogens with one attached hydrogen (secondary N) is 1. The molecule has 0 saturated heterocycles. The standard InChI is InChI=1S/C16H22N2O5/c1-12(2)23-16(21)14(10-13-6-4-3-5-7-13)17-15(20)8-9-18(22)11-19/h3-7,11-12,14,22H,8-10H2,1-2H3,(H,17,20)/t14-/m0/s1. The second-order valence-electron chi connectivity index (χ2n) is 5.31. The second kappa shape index (κ2) is 9.58. The summed E-state index contributed by atoms with van der Waals surface area (Å²) < 4.78 is 5.16. The molecule has 1 atom stereocenters. The molecule has 0 saturated carbocycles. The van der Waals surface area contributed by atoms with E-state index in [1.807, 2.05) is 30.3 Å². The normalized spacial score (nSPS) is 11.7.